The first-order valence-corrected chi connectivity index (χ1v) is 7.66. The number of ether oxygens (including phenoxy) is 2. The van der Waals surface area contributed by atoms with Crippen LogP contribution in [0.5, 0.6) is 11.5 Å². The predicted molar refractivity (Wildman–Crippen MR) is 89.3 cm³/mol. The minimum atomic E-state index is -0.733. The number of carbonyl (C=O) groups is 1. The third kappa shape index (κ3) is 6.00. The first-order valence-electron chi connectivity index (χ1n) is 7.66. The SMILES string of the molecule is NC(=O)OCCCCC(N)c1ccc(Oc2ccccc2)cc1. The average molecular weight is 314 g/mol. The van der Waals surface area contributed by atoms with E-state index in [9.17, 15) is 4.79 Å². The smallest absolute Gasteiger partial charge is 0.404 e. The Bertz CT molecular complexity index is 599. The van der Waals surface area contributed by atoms with Gasteiger partial charge in [0.15, 0.2) is 0 Å². The molecule has 0 radical (unpaired) electrons. The van der Waals surface area contributed by atoms with Crippen molar-refractivity contribution in [3.05, 3.63) is 60.2 Å². The molecule has 5 heteroatoms. The van der Waals surface area contributed by atoms with Gasteiger partial charge in [0.25, 0.3) is 0 Å². The van der Waals surface area contributed by atoms with Crippen molar-refractivity contribution >= 4 is 6.09 Å². The van der Waals surface area contributed by atoms with E-state index in [2.05, 4.69) is 4.74 Å². The number of carbonyl (C=O) groups excluding carboxylic acids is 1. The van der Waals surface area contributed by atoms with Crippen LogP contribution in [0.4, 0.5) is 4.79 Å². The highest BCUT2D eigenvalue weighted by atomic mass is 16.5. The maximum absolute atomic E-state index is 10.4. The van der Waals surface area contributed by atoms with Crippen LogP contribution in [0, 0.1) is 0 Å². The summed E-state index contributed by atoms with van der Waals surface area (Å²) in [5.74, 6) is 1.58. The third-order valence-electron chi connectivity index (χ3n) is 3.44. The van der Waals surface area contributed by atoms with Gasteiger partial charge in [0.05, 0.1) is 6.61 Å². The molecule has 0 aliphatic carbocycles. The Morgan fingerprint density at radius 1 is 0.957 bits per heavy atom. The van der Waals surface area contributed by atoms with Crippen LogP contribution in [0.1, 0.15) is 30.9 Å². The Kier molecular flexibility index (Phi) is 6.44. The molecule has 0 saturated carbocycles. The molecule has 2 aromatic rings. The average Bonchev–Trinajstić information content (AvgIpc) is 2.56. The molecule has 5 nitrogen and oxygen atoms in total. The number of para-hydroxylation sites is 1. The van der Waals surface area contributed by atoms with Gasteiger partial charge in [-0.2, -0.15) is 0 Å². The molecule has 122 valence electrons. The Balaban J connectivity index is 1.78. The maximum atomic E-state index is 10.4. The summed E-state index contributed by atoms with van der Waals surface area (Å²) in [6.07, 6.45) is 1.71. The van der Waals surface area contributed by atoms with Gasteiger partial charge in [-0.1, -0.05) is 30.3 Å². The summed E-state index contributed by atoms with van der Waals surface area (Å²) >= 11 is 0. The fourth-order valence-corrected chi connectivity index (χ4v) is 2.21. The number of unbranched alkanes of at least 4 members (excludes halogenated alkanes) is 1. The lowest BCUT2D eigenvalue weighted by Crippen LogP contribution is -2.14. The van der Waals surface area contributed by atoms with Crippen LogP contribution in [0.25, 0.3) is 0 Å². The minimum Gasteiger partial charge on any atom is -0.457 e. The number of hydrogen-bond acceptors (Lipinski definition) is 4. The number of hydrogen-bond donors (Lipinski definition) is 2. The predicted octanol–water partition coefficient (Wildman–Crippen LogP) is 3.74. The topological polar surface area (TPSA) is 87.6 Å². The van der Waals surface area contributed by atoms with E-state index in [0.717, 1.165) is 36.3 Å². The second-order valence-electron chi connectivity index (χ2n) is 5.25. The largest absolute Gasteiger partial charge is 0.457 e. The molecule has 0 aromatic heterocycles. The zero-order valence-electron chi connectivity index (χ0n) is 13.0. The summed E-state index contributed by atoms with van der Waals surface area (Å²) in [6.45, 7) is 0.339. The van der Waals surface area contributed by atoms with Gasteiger partial charge >= 0.3 is 6.09 Å². The zero-order chi connectivity index (χ0) is 16.5. The van der Waals surface area contributed by atoms with E-state index in [-0.39, 0.29) is 6.04 Å². The minimum absolute atomic E-state index is 0.0469. The van der Waals surface area contributed by atoms with Crippen molar-refractivity contribution in [1.29, 1.82) is 0 Å². The van der Waals surface area contributed by atoms with Crippen LogP contribution < -0.4 is 16.2 Å². The summed E-state index contributed by atoms with van der Waals surface area (Å²) in [5, 5.41) is 0. The number of benzene rings is 2. The maximum Gasteiger partial charge on any atom is 0.404 e. The first kappa shape index (κ1) is 16.8. The number of amides is 1. The molecule has 1 unspecified atom stereocenters. The number of rotatable bonds is 8. The van der Waals surface area contributed by atoms with Crippen molar-refractivity contribution in [3.8, 4) is 11.5 Å². The molecule has 1 amide bonds. The number of nitrogens with two attached hydrogens (primary N) is 2. The standard InChI is InChI=1S/C18H22N2O3/c19-17(8-4-5-13-22-18(20)21)14-9-11-16(12-10-14)23-15-6-2-1-3-7-15/h1-3,6-7,9-12,17H,4-5,8,13,19H2,(H2,20,21). The van der Waals surface area contributed by atoms with E-state index >= 15 is 0 Å². The molecule has 0 aliphatic rings. The molecule has 23 heavy (non-hydrogen) atoms. The molecule has 4 N–H and O–H groups in total. The van der Waals surface area contributed by atoms with Crippen LogP contribution in [-0.2, 0) is 4.74 Å². The Hall–Kier alpha value is -2.53. The molecule has 0 fully saturated rings. The Morgan fingerprint density at radius 3 is 2.26 bits per heavy atom. The molecular weight excluding hydrogens is 292 g/mol. The van der Waals surface area contributed by atoms with Crippen LogP contribution in [0.3, 0.4) is 0 Å². The molecule has 1 atom stereocenters. The van der Waals surface area contributed by atoms with Crippen molar-refractivity contribution in [3.63, 3.8) is 0 Å². The fourth-order valence-electron chi connectivity index (χ4n) is 2.21. The normalized spacial score (nSPS) is 11.7. The van der Waals surface area contributed by atoms with Crippen molar-refractivity contribution in [2.45, 2.75) is 25.3 Å². The molecule has 0 bridgehead atoms. The van der Waals surface area contributed by atoms with Gasteiger partial charge in [0, 0.05) is 6.04 Å². The van der Waals surface area contributed by atoms with Crippen LogP contribution in [0.2, 0.25) is 0 Å². The molecule has 0 saturated heterocycles. The molecular formula is C18H22N2O3. The second-order valence-corrected chi connectivity index (χ2v) is 5.25. The summed E-state index contributed by atoms with van der Waals surface area (Å²) in [7, 11) is 0. The molecule has 0 heterocycles. The van der Waals surface area contributed by atoms with Gasteiger partial charge < -0.3 is 20.9 Å². The lowest BCUT2D eigenvalue weighted by molar-refractivity contribution is 0.154. The lowest BCUT2D eigenvalue weighted by atomic mass is 10.0. The molecule has 0 spiro atoms. The fraction of sp³-hybridized carbons (Fsp3) is 0.278. The van der Waals surface area contributed by atoms with E-state index < -0.39 is 6.09 Å². The van der Waals surface area contributed by atoms with Crippen molar-refractivity contribution < 1.29 is 14.3 Å². The van der Waals surface area contributed by atoms with Gasteiger partial charge in [0.2, 0.25) is 0 Å². The highest BCUT2D eigenvalue weighted by Gasteiger charge is 2.06. The van der Waals surface area contributed by atoms with Crippen molar-refractivity contribution in [1.82, 2.24) is 0 Å². The van der Waals surface area contributed by atoms with E-state index in [1.54, 1.807) is 0 Å². The van der Waals surface area contributed by atoms with E-state index in [0.29, 0.717) is 6.61 Å². The summed E-state index contributed by atoms with van der Waals surface area (Å²) in [6, 6.07) is 17.4. The zero-order valence-corrected chi connectivity index (χ0v) is 13.0. The Morgan fingerprint density at radius 2 is 1.61 bits per heavy atom. The first-order chi connectivity index (χ1) is 11.1. The number of primary amides is 1. The summed E-state index contributed by atoms with van der Waals surface area (Å²) in [4.78, 5) is 10.4. The highest BCUT2D eigenvalue weighted by Crippen LogP contribution is 2.24. The molecule has 2 rings (SSSR count). The van der Waals surface area contributed by atoms with Gasteiger partial charge in [-0.25, -0.2) is 4.79 Å². The van der Waals surface area contributed by atoms with E-state index in [4.69, 9.17) is 16.2 Å². The van der Waals surface area contributed by atoms with Gasteiger partial charge in [-0.3, -0.25) is 0 Å². The van der Waals surface area contributed by atoms with Crippen LogP contribution in [-0.4, -0.2) is 12.7 Å². The molecule has 2 aromatic carbocycles. The van der Waals surface area contributed by atoms with Gasteiger partial charge in [-0.15, -0.1) is 0 Å². The second kappa shape index (κ2) is 8.80. The van der Waals surface area contributed by atoms with Crippen LogP contribution in [0.15, 0.2) is 54.6 Å². The quantitative estimate of drug-likeness (QED) is 0.726. The Labute approximate surface area is 136 Å². The molecule has 0 aliphatic heterocycles. The van der Waals surface area contributed by atoms with E-state index in [1.165, 1.54) is 0 Å². The highest BCUT2D eigenvalue weighted by molar-refractivity contribution is 5.64. The van der Waals surface area contributed by atoms with Crippen LogP contribution >= 0.6 is 0 Å². The summed E-state index contributed by atoms with van der Waals surface area (Å²) < 4.78 is 10.4. The van der Waals surface area contributed by atoms with Crippen molar-refractivity contribution in [2.24, 2.45) is 11.5 Å². The van der Waals surface area contributed by atoms with Crippen molar-refractivity contribution in [2.75, 3.05) is 6.61 Å². The third-order valence-corrected chi connectivity index (χ3v) is 3.44. The summed E-state index contributed by atoms with van der Waals surface area (Å²) in [5.41, 5.74) is 12.1. The monoisotopic (exact) mass is 314 g/mol. The van der Waals surface area contributed by atoms with Gasteiger partial charge in [0.1, 0.15) is 11.5 Å². The van der Waals surface area contributed by atoms with E-state index in [1.807, 2.05) is 54.6 Å². The van der Waals surface area contributed by atoms with Gasteiger partial charge in [-0.05, 0) is 49.1 Å². The lowest BCUT2D eigenvalue weighted by Gasteiger charge is -2.13.